The highest BCUT2D eigenvalue weighted by Crippen LogP contribution is 2.26. The summed E-state index contributed by atoms with van der Waals surface area (Å²) in [6.45, 7) is 5.04. The van der Waals surface area contributed by atoms with Gasteiger partial charge in [0.2, 0.25) is 0 Å². The van der Waals surface area contributed by atoms with Gasteiger partial charge in [0.15, 0.2) is 0 Å². The van der Waals surface area contributed by atoms with Crippen LogP contribution in [0.15, 0.2) is 23.8 Å². The minimum atomic E-state index is 0.804. The predicted molar refractivity (Wildman–Crippen MR) is 54.9 cm³/mol. The first-order chi connectivity index (χ1) is 6.25. The molecule has 68 valence electrons. The molecule has 1 nitrogen and oxygen atoms in total. The first kappa shape index (κ1) is 8.36. The molecule has 1 heteroatoms. The third-order valence-electron chi connectivity index (χ3n) is 2.32. The lowest BCUT2D eigenvalue weighted by Gasteiger charge is -2.06. The van der Waals surface area contributed by atoms with Gasteiger partial charge in [-0.15, -0.1) is 0 Å². The predicted octanol–water partition coefficient (Wildman–Crippen LogP) is 3.18. The molecule has 1 aromatic rings. The van der Waals surface area contributed by atoms with Gasteiger partial charge in [-0.25, -0.2) is 0 Å². The normalized spacial score (nSPS) is 15.4. The van der Waals surface area contributed by atoms with Gasteiger partial charge in [0.25, 0.3) is 0 Å². The molecule has 0 bridgehead atoms. The standard InChI is InChI=1S/C12H14O/c1-9-3-4-11-7-10(2)5-6-13-12(11)8-9/h3-4,7-8H,5-6H2,1-2H3. The second-order valence-electron chi connectivity index (χ2n) is 3.63. The molecule has 0 radical (unpaired) electrons. The third-order valence-corrected chi connectivity index (χ3v) is 2.32. The zero-order valence-corrected chi connectivity index (χ0v) is 8.13. The Hall–Kier alpha value is -1.24. The van der Waals surface area contributed by atoms with E-state index < -0.39 is 0 Å². The molecular weight excluding hydrogens is 160 g/mol. The molecule has 0 amide bonds. The van der Waals surface area contributed by atoms with Crippen molar-refractivity contribution in [2.24, 2.45) is 0 Å². The minimum absolute atomic E-state index is 0.804. The van der Waals surface area contributed by atoms with Crippen LogP contribution in [-0.2, 0) is 0 Å². The van der Waals surface area contributed by atoms with E-state index in [1.807, 2.05) is 0 Å². The third kappa shape index (κ3) is 1.74. The smallest absolute Gasteiger partial charge is 0.126 e. The largest absolute Gasteiger partial charge is 0.493 e. The van der Waals surface area contributed by atoms with Crippen LogP contribution in [0.1, 0.15) is 24.5 Å². The zero-order chi connectivity index (χ0) is 9.26. The Bertz CT molecular complexity index is 350. The van der Waals surface area contributed by atoms with E-state index in [1.54, 1.807) is 0 Å². The van der Waals surface area contributed by atoms with Crippen molar-refractivity contribution >= 4 is 6.08 Å². The van der Waals surface area contributed by atoms with E-state index >= 15 is 0 Å². The molecule has 0 N–H and O–H groups in total. The van der Waals surface area contributed by atoms with Gasteiger partial charge in [-0.2, -0.15) is 0 Å². The van der Waals surface area contributed by atoms with E-state index in [4.69, 9.17) is 4.74 Å². The van der Waals surface area contributed by atoms with Crippen LogP contribution in [-0.4, -0.2) is 6.61 Å². The van der Waals surface area contributed by atoms with Crippen LogP contribution in [0, 0.1) is 6.92 Å². The minimum Gasteiger partial charge on any atom is -0.493 e. The summed E-state index contributed by atoms with van der Waals surface area (Å²) in [5.74, 6) is 1.02. The Balaban J connectivity index is 2.48. The van der Waals surface area contributed by atoms with E-state index in [0.717, 1.165) is 18.8 Å². The van der Waals surface area contributed by atoms with Crippen molar-refractivity contribution in [3.05, 3.63) is 34.9 Å². The molecule has 0 aromatic heterocycles. The number of rotatable bonds is 0. The van der Waals surface area contributed by atoms with Gasteiger partial charge in [-0.05, 0) is 25.5 Å². The van der Waals surface area contributed by atoms with Crippen LogP contribution in [0.5, 0.6) is 5.75 Å². The van der Waals surface area contributed by atoms with Crippen molar-refractivity contribution in [2.75, 3.05) is 6.61 Å². The molecule has 0 saturated carbocycles. The first-order valence-corrected chi connectivity index (χ1v) is 4.66. The Labute approximate surface area is 79.0 Å². The molecule has 0 atom stereocenters. The van der Waals surface area contributed by atoms with E-state index in [0.29, 0.717) is 0 Å². The van der Waals surface area contributed by atoms with Crippen molar-refractivity contribution in [1.82, 2.24) is 0 Å². The van der Waals surface area contributed by atoms with Crippen LogP contribution in [0.2, 0.25) is 0 Å². The summed E-state index contributed by atoms with van der Waals surface area (Å²) in [7, 11) is 0. The number of aryl methyl sites for hydroxylation is 1. The number of hydrogen-bond acceptors (Lipinski definition) is 1. The molecule has 0 aliphatic carbocycles. The van der Waals surface area contributed by atoms with Crippen molar-refractivity contribution in [2.45, 2.75) is 20.3 Å². The van der Waals surface area contributed by atoms with Gasteiger partial charge >= 0.3 is 0 Å². The summed E-state index contributed by atoms with van der Waals surface area (Å²) in [5, 5.41) is 0. The molecule has 0 unspecified atom stereocenters. The van der Waals surface area contributed by atoms with E-state index in [1.165, 1.54) is 16.7 Å². The quantitative estimate of drug-likeness (QED) is 0.587. The number of ether oxygens (including phenoxy) is 1. The van der Waals surface area contributed by atoms with Crippen molar-refractivity contribution in [1.29, 1.82) is 0 Å². The second kappa shape index (κ2) is 3.25. The van der Waals surface area contributed by atoms with Crippen LogP contribution in [0.25, 0.3) is 6.08 Å². The van der Waals surface area contributed by atoms with E-state index in [9.17, 15) is 0 Å². The fourth-order valence-corrected chi connectivity index (χ4v) is 1.55. The molecule has 1 aliphatic heterocycles. The van der Waals surface area contributed by atoms with Crippen molar-refractivity contribution < 1.29 is 4.74 Å². The summed E-state index contributed by atoms with van der Waals surface area (Å²) in [6.07, 6.45) is 3.25. The Morgan fingerprint density at radius 1 is 1.23 bits per heavy atom. The van der Waals surface area contributed by atoms with Gasteiger partial charge in [-0.3, -0.25) is 0 Å². The summed E-state index contributed by atoms with van der Waals surface area (Å²) >= 11 is 0. The molecular formula is C12H14O. The zero-order valence-electron chi connectivity index (χ0n) is 8.13. The van der Waals surface area contributed by atoms with Crippen LogP contribution < -0.4 is 4.74 Å². The Morgan fingerprint density at radius 2 is 2.08 bits per heavy atom. The highest BCUT2D eigenvalue weighted by Gasteiger charge is 2.06. The lowest BCUT2D eigenvalue weighted by molar-refractivity contribution is 0.323. The molecule has 1 aliphatic rings. The number of benzene rings is 1. The summed E-state index contributed by atoms with van der Waals surface area (Å²) in [4.78, 5) is 0. The summed E-state index contributed by atoms with van der Waals surface area (Å²) in [5.41, 5.74) is 3.86. The van der Waals surface area contributed by atoms with Gasteiger partial charge in [0.05, 0.1) is 6.61 Å². The topological polar surface area (TPSA) is 9.23 Å². The van der Waals surface area contributed by atoms with Crippen LogP contribution >= 0.6 is 0 Å². The SMILES string of the molecule is CC1=Cc2ccc(C)cc2OCC1. The average Bonchev–Trinajstić information content (AvgIpc) is 2.25. The van der Waals surface area contributed by atoms with Gasteiger partial charge in [0.1, 0.15) is 5.75 Å². The maximum atomic E-state index is 5.65. The van der Waals surface area contributed by atoms with E-state index in [-0.39, 0.29) is 0 Å². The molecule has 0 saturated heterocycles. The summed E-state index contributed by atoms with van der Waals surface area (Å²) in [6, 6.07) is 6.35. The number of fused-ring (bicyclic) bond motifs is 1. The van der Waals surface area contributed by atoms with Gasteiger partial charge in [-0.1, -0.05) is 23.8 Å². The van der Waals surface area contributed by atoms with Crippen molar-refractivity contribution in [3.63, 3.8) is 0 Å². The number of hydrogen-bond donors (Lipinski definition) is 0. The highest BCUT2D eigenvalue weighted by atomic mass is 16.5. The molecule has 1 aromatic carbocycles. The molecule has 13 heavy (non-hydrogen) atoms. The molecule has 0 spiro atoms. The first-order valence-electron chi connectivity index (χ1n) is 4.66. The lowest BCUT2D eigenvalue weighted by Crippen LogP contribution is -1.96. The second-order valence-corrected chi connectivity index (χ2v) is 3.63. The van der Waals surface area contributed by atoms with Crippen molar-refractivity contribution in [3.8, 4) is 5.75 Å². The van der Waals surface area contributed by atoms with Gasteiger partial charge < -0.3 is 4.74 Å². The Kier molecular flexibility index (Phi) is 2.09. The fraction of sp³-hybridized carbons (Fsp3) is 0.333. The van der Waals surface area contributed by atoms with Crippen LogP contribution in [0.4, 0.5) is 0 Å². The molecule has 1 heterocycles. The maximum Gasteiger partial charge on any atom is 0.126 e. The summed E-state index contributed by atoms with van der Waals surface area (Å²) < 4.78 is 5.65. The molecule has 2 rings (SSSR count). The average molecular weight is 174 g/mol. The molecule has 0 fully saturated rings. The maximum absolute atomic E-state index is 5.65. The fourth-order valence-electron chi connectivity index (χ4n) is 1.55. The highest BCUT2D eigenvalue weighted by molar-refractivity contribution is 5.61. The van der Waals surface area contributed by atoms with E-state index in [2.05, 4.69) is 38.1 Å². The van der Waals surface area contributed by atoms with Gasteiger partial charge in [0, 0.05) is 12.0 Å². The van der Waals surface area contributed by atoms with Crippen LogP contribution in [0.3, 0.4) is 0 Å². The lowest BCUT2D eigenvalue weighted by atomic mass is 10.1. The monoisotopic (exact) mass is 174 g/mol. The Morgan fingerprint density at radius 3 is 2.92 bits per heavy atom.